The predicted octanol–water partition coefficient (Wildman–Crippen LogP) is 2.34. The Kier molecular flexibility index (Phi) is 2.60. The summed E-state index contributed by atoms with van der Waals surface area (Å²) < 4.78 is 0. The summed E-state index contributed by atoms with van der Waals surface area (Å²) in [7, 11) is 0. The van der Waals surface area contributed by atoms with E-state index < -0.39 is 0 Å². The predicted molar refractivity (Wildman–Crippen MR) is 59.8 cm³/mol. The van der Waals surface area contributed by atoms with E-state index in [9.17, 15) is 0 Å². The molecule has 0 bridgehead atoms. The molecule has 1 aromatic rings. The summed E-state index contributed by atoms with van der Waals surface area (Å²) in [5, 5.41) is 2.08. The molecule has 2 N–H and O–H groups in total. The van der Waals surface area contributed by atoms with Gasteiger partial charge in [-0.3, -0.25) is 4.99 Å². The van der Waals surface area contributed by atoms with Crippen molar-refractivity contribution in [3.63, 3.8) is 0 Å². The lowest BCUT2D eigenvalue weighted by Gasteiger charge is -2.05. The minimum absolute atomic E-state index is 0.393. The van der Waals surface area contributed by atoms with Crippen LogP contribution in [0.15, 0.2) is 21.3 Å². The van der Waals surface area contributed by atoms with Gasteiger partial charge in [0.15, 0.2) is 0 Å². The van der Waals surface area contributed by atoms with Gasteiger partial charge < -0.3 is 5.73 Å². The monoisotopic (exact) mass is 212 g/mol. The van der Waals surface area contributed by atoms with Gasteiger partial charge in [0.25, 0.3) is 0 Å². The third-order valence-electron chi connectivity index (χ3n) is 2.09. The summed E-state index contributed by atoms with van der Waals surface area (Å²) in [6.45, 7) is 2.15. The topological polar surface area (TPSA) is 38.4 Å². The van der Waals surface area contributed by atoms with E-state index in [2.05, 4.69) is 23.4 Å². The Morgan fingerprint density at radius 3 is 3.31 bits per heavy atom. The van der Waals surface area contributed by atoms with E-state index in [1.54, 1.807) is 11.3 Å². The molecule has 13 heavy (non-hydrogen) atoms. The molecule has 1 atom stereocenters. The molecular weight excluding hydrogens is 200 g/mol. The third-order valence-corrected chi connectivity index (χ3v) is 4.35. The van der Waals surface area contributed by atoms with Gasteiger partial charge >= 0.3 is 0 Å². The molecule has 0 fully saturated rings. The van der Waals surface area contributed by atoms with Gasteiger partial charge in [0, 0.05) is 10.6 Å². The van der Waals surface area contributed by atoms with E-state index in [-0.39, 0.29) is 0 Å². The minimum Gasteiger partial charge on any atom is -0.383 e. The SMILES string of the molecule is CC[C@@H]1CSc2ccsc2C(N)=N1. The highest BCUT2D eigenvalue weighted by molar-refractivity contribution is 7.99. The van der Waals surface area contributed by atoms with Gasteiger partial charge in [-0.25, -0.2) is 0 Å². The van der Waals surface area contributed by atoms with Crippen molar-refractivity contribution in [2.24, 2.45) is 10.7 Å². The lowest BCUT2D eigenvalue weighted by Crippen LogP contribution is -2.15. The maximum Gasteiger partial charge on any atom is 0.137 e. The molecule has 0 unspecified atom stereocenters. The Morgan fingerprint density at radius 2 is 2.54 bits per heavy atom. The first-order chi connectivity index (χ1) is 6.31. The van der Waals surface area contributed by atoms with Crippen LogP contribution in [-0.4, -0.2) is 17.6 Å². The normalized spacial score (nSPS) is 21.9. The maximum absolute atomic E-state index is 5.90. The van der Waals surface area contributed by atoms with Crippen molar-refractivity contribution < 1.29 is 0 Å². The van der Waals surface area contributed by atoms with Crippen LogP contribution in [0.5, 0.6) is 0 Å². The number of thioether (sulfide) groups is 1. The lowest BCUT2D eigenvalue weighted by atomic mass is 10.3. The maximum atomic E-state index is 5.90. The molecule has 0 spiro atoms. The third kappa shape index (κ3) is 1.74. The molecule has 0 amide bonds. The molecule has 0 radical (unpaired) electrons. The van der Waals surface area contributed by atoms with Crippen molar-refractivity contribution in [2.45, 2.75) is 24.3 Å². The summed E-state index contributed by atoms with van der Waals surface area (Å²) in [6.07, 6.45) is 1.07. The highest BCUT2D eigenvalue weighted by atomic mass is 32.2. The molecule has 2 nitrogen and oxygen atoms in total. The Hall–Kier alpha value is -0.480. The highest BCUT2D eigenvalue weighted by Crippen LogP contribution is 2.31. The lowest BCUT2D eigenvalue weighted by molar-refractivity contribution is 0.728. The number of hydrogen-bond donors (Lipinski definition) is 1. The number of nitrogens with two attached hydrogens (primary N) is 1. The highest BCUT2D eigenvalue weighted by Gasteiger charge is 2.16. The molecule has 0 saturated heterocycles. The van der Waals surface area contributed by atoms with Crippen LogP contribution in [0.1, 0.15) is 18.2 Å². The smallest absolute Gasteiger partial charge is 0.137 e. The first-order valence-electron chi connectivity index (χ1n) is 4.35. The largest absolute Gasteiger partial charge is 0.383 e. The number of amidine groups is 1. The van der Waals surface area contributed by atoms with E-state index in [0.29, 0.717) is 6.04 Å². The molecule has 1 aromatic heterocycles. The van der Waals surface area contributed by atoms with Crippen molar-refractivity contribution in [3.05, 3.63) is 16.3 Å². The minimum atomic E-state index is 0.393. The van der Waals surface area contributed by atoms with Gasteiger partial charge in [-0.15, -0.1) is 23.1 Å². The Morgan fingerprint density at radius 1 is 1.69 bits per heavy atom. The van der Waals surface area contributed by atoms with Crippen molar-refractivity contribution in [1.29, 1.82) is 0 Å². The molecule has 1 aliphatic rings. The van der Waals surface area contributed by atoms with E-state index in [0.717, 1.165) is 22.9 Å². The van der Waals surface area contributed by atoms with Gasteiger partial charge in [0.05, 0.1) is 10.9 Å². The molecular formula is C9H12N2S2. The van der Waals surface area contributed by atoms with Crippen molar-refractivity contribution >= 4 is 28.9 Å². The fourth-order valence-corrected chi connectivity index (χ4v) is 3.47. The van der Waals surface area contributed by atoms with Gasteiger partial charge in [-0.05, 0) is 17.9 Å². The van der Waals surface area contributed by atoms with Crippen LogP contribution in [-0.2, 0) is 0 Å². The van der Waals surface area contributed by atoms with Crippen LogP contribution >= 0.6 is 23.1 Å². The first kappa shape index (κ1) is 9.09. The molecule has 4 heteroatoms. The quantitative estimate of drug-likeness (QED) is 0.776. The number of thiophene rings is 1. The molecule has 1 aliphatic heterocycles. The molecule has 70 valence electrons. The number of nitrogens with zero attached hydrogens (tertiary/aromatic N) is 1. The molecule has 0 aromatic carbocycles. The van der Waals surface area contributed by atoms with Gasteiger partial charge in [0.1, 0.15) is 5.84 Å². The Labute approximate surface area is 86.2 Å². The van der Waals surface area contributed by atoms with E-state index in [1.807, 2.05) is 11.8 Å². The zero-order valence-electron chi connectivity index (χ0n) is 7.49. The fraction of sp³-hybridized carbons (Fsp3) is 0.444. The summed E-state index contributed by atoms with van der Waals surface area (Å²) in [5.74, 6) is 1.78. The summed E-state index contributed by atoms with van der Waals surface area (Å²) in [6, 6.07) is 2.52. The summed E-state index contributed by atoms with van der Waals surface area (Å²) in [4.78, 5) is 6.94. The van der Waals surface area contributed by atoms with Crippen molar-refractivity contribution in [1.82, 2.24) is 0 Å². The zero-order valence-corrected chi connectivity index (χ0v) is 9.12. The van der Waals surface area contributed by atoms with Crippen LogP contribution in [0.4, 0.5) is 0 Å². The Bertz CT molecular complexity index is 330. The van der Waals surface area contributed by atoms with Gasteiger partial charge in [0.2, 0.25) is 0 Å². The second-order valence-corrected chi connectivity index (χ2v) is 4.98. The number of hydrogen-bond acceptors (Lipinski definition) is 4. The number of fused-ring (bicyclic) bond motifs is 1. The molecule has 0 aliphatic carbocycles. The Balaban J connectivity index is 2.35. The van der Waals surface area contributed by atoms with E-state index >= 15 is 0 Å². The molecule has 2 heterocycles. The number of rotatable bonds is 1. The van der Waals surface area contributed by atoms with Crippen LogP contribution in [0.2, 0.25) is 0 Å². The first-order valence-corrected chi connectivity index (χ1v) is 6.21. The second kappa shape index (κ2) is 3.72. The van der Waals surface area contributed by atoms with Crippen LogP contribution in [0.25, 0.3) is 0 Å². The second-order valence-electron chi connectivity index (χ2n) is 3.00. The standard InChI is InChI=1S/C9H12N2S2/c1-2-6-5-13-7-3-4-12-8(7)9(10)11-6/h3-4,6H,2,5H2,1H3,(H2,10,11)/t6-/m1/s1. The molecule has 0 saturated carbocycles. The van der Waals surface area contributed by atoms with Gasteiger partial charge in [-0.2, -0.15) is 0 Å². The summed E-state index contributed by atoms with van der Waals surface area (Å²) in [5.41, 5.74) is 5.90. The van der Waals surface area contributed by atoms with E-state index in [1.165, 1.54) is 4.90 Å². The summed E-state index contributed by atoms with van der Waals surface area (Å²) >= 11 is 3.55. The zero-order chi connectivity index (χ0) is 9.26. The molecule has 2 rings (SSSR count). The van der Waals surface area contributed by atoms with Crippen molar-refractivity contribution in [2.75, 3.05) is 5.75 Å². The number of aliphatic imine (C=N–C) groups is 1. The van der Waals surface area contributed by atoms with E-state index in [4.69, 9.17) is 5.73 Å². The average molecular weight is 212 g/mol. The average Bonchev–Trinajstić information content (AvgIpc) is 2.54. The van der Waals surface area contributed by atoms with Crippen LogP contribution < -0.4 is 5.73 Å². The van der Waals surface area contributed by atoms with Crippen molar-refractivity contribution in [3.8, 4) is 0 Å². The van der Waals surface area contributed by atoms with Gasteiger partial charge in [-0.1, -0.05) is 6.92 Å². The van der Waals surface area contributed by atoms with Crippen LogP contribution in [0.3, 0.4) is 0 Å². The fourth-order valence-electron chi connectivity index (χ4n) is 1.29. The van der Waals surface area contributed by atoms with Crippen LogP contribution in [0, 0.1) is 0 Å².